The van der Waals surface area contributed by atoms with Crippen LogP contribution in [0.15, 0.2) is 0 Å². The van der Waals surface area contributed by atoms with Crippen molar-refractivity contribution in [3.63, 3.8) is 0 Å². The highest BCUT2D eigenvalue weighted by atomic mass is 16.2. The van der Waals surface area contributed by atoms with Crippen molar-refractivity contribution in [1.29, 1.82) is 0 Å². The first-order valence-corrected chi connectivity index (χ1v) is 7.17. The molecule has 0 radical (unpaired) electrons. The number of nitrogens with one attached hydrogen (secondary N) is 2. The Balaban J connectivity index is 2.10. The molecule has 1 aliphatic heterocycles. The molecule has 8 nitrogen and oxygen atoms in total. The molecule has 1 atom stereocenters. The summed E-state index contributed by atoms with van der Waals surface area (Å²) < 4.78 is 0. The average Bonchev–Trinajstić information content (AvgIpc) is 3.00. The van der Waals surface area contributed by atoms with Gasteiger partial charge in [-0.05, 0) is 19.8 Å². The number of aromatic nitrogens is 3. The fourth-order valence-electron chi connectivity index (χ4n) is 2.21. The summed E-state index contributed by atoms with van der Waals surface area (Å²) in [7, 11) is 5.46. The molecule has 1 unspecified atom stereocenters. The molecule has 21 heavy (non-hydrogen) atoms. The number of nitrogens with zero attached hydrogens (tertiary/aromatic N) is 5. The molecule has 0 bridgehead atoms. The number of rotatable bonds is 5. The van der Waals surface area contributed by atoms with Crippen LogP contribution in [0, 0.1) is 0 Å². The molecule has 8 heteroatoms. The first kappa shape index (κ1) is 15.3. The molecule has 2 rings (SSSR count). The Hall–Kier alpha value is -2.12. The lowest BCUT2D eigenvalue weighted by Gasteiger charge is -2.21. The summed E-state index contributed by atoms with van der Waals surface area (Å²) in [4.78, 5) is 28.8. The van der Waals surface area contributed by atoms with E-state index in [2.05, 4.69) is 25.6 Å². The van der Waals surface area contributed by atoms with E-state index in [1.54, 1.807) is 11.9 Å². The fourth-order valence-corrected chi connectivity index (χ4v) is 2.21. The Bertz CT molecular complexity index is 499. The lowest BCUT2D eigenvalue weighted by molar-refractivity contribution is -0.130. The van der Waals surface area contributed by atoms with E-state index in [9.17, 15) is 4.79 Å². The molecule has 1 saturated heterocycles. The van der Waals surface area contributed by atoms with Crippen LogP contribution in [0.4, 0.5) is 17.8 Å². The zero-order valence-electron chi connectivity index (χ0n) is 13.1. The van der Waals surface area contributed by atoms with Crippen molar-refractivity contribution in [2.45, 2.75) is 25.8 Å². The van der Waals surface area contributed by atoms with Gasteiger partial charge in [0.15, 0.2) is 0 Å². The Morgan fingerprint density at radius 1 is 1.19 bits per heavy atom. The summed E-state index contributed by atoms with van der Waals surface area (Å²) in [5, 5.41) is 5.96. The van der Waals surface area contributed by atoms with Gasteiger partial charge in [0.05, 0.1) is 0 Å². The van der Waals surface area contributed by atoms with Crippen LogP contribution in [0.1, 0.15) is 19.8 Å². The van der Waals surface area contributed by atoms with Crippen LogP contribution < -0.4 is 15.5 Å². The van der Waals surface area contributed by atoms with Gasteiger partial charge in [-0.2, -0.15) is 15.0 Å². The number of hydrogen-bond donors (Lipinski definition) is 2. The number of anilines is 3. The largest absolute Gasteiger partial charge is 0.357 e. The van der Waals surface area contributed by atoms with Gasteiger partial charge >= 0.3 is 0 Å². The summed E-state index contributed by atoms with van der Waals surface area (Å²) in [5.41, 5.74) is 0. The highest BCUT2D eigenvalue weighted by molar-refractivity contribution is 5.84. The van der Waals surface area contributed by atoms with E-state index >= 15 is 0 Å². The predicted octanol–water partition coefficient (Wildman–Crippen LogP) is 0.402. The number of likely N-dealkylation sites (tertiary alicyclic amines) is 1. The summed E-state index contributed by atoms with van der Waals surface area (Å²) in [5.74, 6) is 1.50. The third kappa shape index (κ3) is 3.71. The quantitative estimate of drug-likeness (QED) is 0.812. The second kappa shape index (κ2) is 6.55. The van der Waals surface area contributed by atoms with Crippen molar-refractivity contribution in [3.05, 3.63) is 0 Å². The van der Waals surface area contributed by atoms with Crippen LogP contribution in [0.3, 0.4) is 0 Å². The second-order valence-electron chi connectivity index (χ2n) is 5.33. The minimum absolute atomic E-state index is 0.0883. The highest BCUT2D eigenvalue weighted by Gasteiger charge is 2.24. The molecule has 1 amide bonds. The number of hydrogen-bond acceptors (Lipinski definition) is 7. The zero-order valence-corrected chi connectivity index (χ0v) is 13.1. The van der Waals surface area contributed by atoms with Crippen LogP contribution in [-0.2, 0) is 4.79 Å². The lowest BCUT2D eigenvalue weighted by Crippen LogP contribution is -2.40. The Kier molecular flexibility index (Phi) is 4.77. The Labute approximate surface area is 125 Å². The molecular weight excluding hydrogens is 270 g/mol. The first-order chi connectivity index (χ1) is 10.0. The van der Waals surface area contributed by atoms with Gasteiger partial charge in [0.1, 0.15) is 6.04 Å². The molecule has 2 heterocycles. The van der Waals surface area contributed by atoms with E-state index in [1.807, 2.05) is 25.9 Å². The van der Waals surface area contributed by atoms with Crippen LogP contribution in [-0.4, -0.2) is 66.0 Å². The highest BCUT2D eigenvalue weighted by Crippen LogP contribution is 2.14. The molecule has 0 aromatic carbocycles. The molecule has 0 saturated carbocycles. The summed E-state index contributed by atoms with van der Waals surface area (Å²) >= 11 is 0. The maximum absolute atomic E-state index is 12.3. The van der Waals surface area contributed by atoms with E-state index in [1.165, 1.54) is 0 Å². The molecule has 0 spiro atoms. The average molecular weight is 293 g/mol. The van der Waals surface area contributed by atoms with E-state index in [-0.39, 0.29) is 11.9 Å². The van der Waals surface area contributed by atoms with Crippen LogP contribution in [0.2, 0.25) is 0 Å². The maximum atomic E-state index is 12.3. The van der Waals surface area contributed by atoms with Gasteiger partial charge < -0.3 is 20.4 Å². The van der Waals surface area contributed by atoms with Crippen LogP contribution in [0.5, 0.6) is 0 Å². The van der Waals surface area contributed by atoms with E-state index in [4.69, 9.17) is 0 Å². The standard InChI is InChI=1S/C13H23N7O/c1-9(10(21)20-7-5-6-8-20)15-12-16-11(14-2)17-13(18-12)19(3)4/h9H,5-8H2,1-4H3,(H2,14,15,16,17,18). The van der Waals surface area contributed by atoms with E-state index in [0.717, 1.165) is 25.9 Å². The number of carbonyl (C=O) groups excluding carboxylic acids is 1. The molecule has 1 aliphatic rings. The summed E-state index contributed by atoms with van der Waals surface area (Å²) in [6.07, 6.45) is 2.16. The Morgan fingerprint density at radius 3 is 2.38 bits per heavy atom. The SMILES string of the molecule is CNc1nc(NC(C)C(=O)N2CCCC2)nc(N(C)C)n1. The summed E-state index contributed by atoms with van der Waals surface area (Å²) in [6, 6.07) is -0.356. The maximum Gasteiger partial charge on any atom is 0.244 e. The lowest BCUT2D eigenvalue weighted by atomic mass is 10.3. The van der Waals surface area contributed by atoms with Gasteiger partial charge in [-0.3, -0.25) is 4.79 Å². The minimum atomic E-state index is -0.356. The van der Waals surface area contributed by atoms with Crippen molar-refractivity contribution in [2.24, 2.45) is 0 Å². The van der Waals surface area contributed by atoms with Gasteiger partial charge in [-0.1, -0.05) is 0 Å². The molecule has 1 aromatic rings. The third-order valence-corrected chi connectivity index (χ3v) is 3.38. The monoisotopic (exact) mass is 293 g/mol. The van der Waals surface area contributed by atoms with Crippen molar-refractivity contribution in [1.82, 2.24) is 19.9 Å². The first-order valence-electron chi connectivity index (χ1n) is 7.17. The summed E-state index contributed by atoms with van der Waals surface area (Å²) in [6.45, 7) is 3.51. The van der Waals surface area contributed by atoms with Crippen molar-refractivity contribution in [3.8, 4) is 0 Å². The van der Waals surface area contributed by atoms with Crippen molar-refractivity contribution < 1.29 is 4.79 Å². The molecule has 116 valence electrons. The van der Waals surface area contributed by atoms with Gasteiger partial charge in [-0.25, -0.2) is 0 Å². The molecule has 0 aliphatic carbocycles. The van der Waals surface area contributed by atoms with Gasteiger partial charge in [0, 0.05) is 34.2 Å². The van der Waals surface area contributed by atoms with Crippen LogP contribution in [0.25, 0.3) is 0 Å². The number of carbonyl (C=O) groups is 1. The normalized spacial score (nSPS) is 15.7. The van der Waals surface area contributed by atoms with E-state index in [0.29, 0.717) is 17.8 Å². The smallest absolute Gasteiger partial charge is 0.244 e. The van der Waals surface area contributed by atoms with Crippen molar-refractivity contribution >= 4 is 23.8 Å². The third-order valence-electron chi connectivity index (χ3n) is 3.38. The molecule has 1 aromatic heterocycles. The fraction of sp³-hybridized carbons (Fsp3) is 0.692. The van der Waals surface area contributed by atoms with Crippen LogP contribution >= 0.6 is 0 Å². The predicted molar refractivity (Wildman–Crippen MR) is 82.6 cm³/mol. The van der Waals surface area contributed by atoms with Crippen molar-refractivity contribution in [2.75, 3.05) is 49.8 Å². The second-order valence-corrected chi connectivity index (χ2v) is 5.33. The molecule has 2 N–H and O–H groups in total. The minimum Gasteiger partial charge on any atom is -0.357 e. The van der Waals surface area contributed by atoms with Gasteiger partial charge in [0.2, 0.25) is 23.8 Å². The van der Waals surface area contributed by atoms with Gasteiger partial charge in [-0.15, -0.1) is 0 Å². The topological polar surface area (TPSA) is 86.3 Å². The van der Waals surface area contributed by atoms with Gasteiger partial charge in [0.25, 0.3) is 0 Å². The molecule has 1 fully saturated rings. The van der Waals surface area contributed by atoms with E-state index < -0.39 is 0 Å². The number of amides is 1. The Morgan fingerprint density at radius 2 is 1.81 bits per heavy atom. The molecular formula is C13H23N7O. The zero-order chi connectivity index (χ0) is 15.4.